The molecule has 5 nitrogen and oxygen atoms in total. The van der Waals surface area contributed by atoms with Gasteiger partial charge in [-0.15, -0.1) is 0 Å². The highest BCUT2D eigenvalue weighted by Gasteiger charge is 2.24. The smallest absolute Gasteiger partial charge is 0.251 e. The number of hydrogen-bond donors (Lipinski definition) is 1. The van der Waals surface area contributed by atoms with E-state index >= 15 is 0 Å². The molecule has 0 fully saturated rings. The van der Waals surface area contributed by atoms with Crippen molar-refractivity contribution in [3.8, 4) is 0 Å². The quantitative estimate of drug-likeness (QED) is 0.873. The third-order valence-corrected chi connectivity index (χ3v) is 5.89. The summed E-state index contributed by atoms with van der Waals surface area (Å²) in [5, 5.41) is 2.88. The van der Waals surface area contributed by atoms with Crippen molar-refractivity contribution in [2.24, 2.45) is 5.92 Å². The zero-order chi connectivity index (χ0) is 17.1. The third-order valence-electron chi connectivity index (χ3n) is 3.86. The SMILES string of the molecule is CC(C)C(C)NC(=O)c1cccc(S(=O)(=O)N(C)C(C)C)c1. The van der Waals surface area contributed by atoms with Crippen LogP contribution in [0, 0.1) is 5.92 Å². The maximum atomic E-state index is 12.5. The lowest BCUT2D eigenvalue weighted by molar-refractivity contribution is 0.0930. The first-order chi connectivity index (χ1) is 10.1. The van der Waals surface area contributed by atoms with Gasteiger partial charge in [-0.25, -0.2) is 8.42 Å². The minimum atomic E-state index is -3.59. The van der Waals surface area contributed by atoms with Crippen molar-refractivity contribution in [3.63, 3.8) is 0 Å². The molecule has 0 radical (unpaired) electrons. The van der Waals surface area contributed by atoms with Crippen LogP contribution in [-0.4, -0.2) is 37.8 Å². The Balaban J connectivity index is 3.07. The van der Waals surface area contributed by atoms with E-state index in [1.807, 2.05) is 20.8 Å². The molecule has 1 aromatic rings. The fraction of sp³-hybridized carbons (Fsp3) is 0.562. The maximum absolute atomic E-state index is 12.5. The summed E-state index contributed by atoms with van der Waals surface area (Å²) in [6, 6.07) is 6.02. The molecule has 6 heteroatoms. The van der Waals surface area contributed by atoms with Gasteiger partial charge < -0.3 is 5.32 Å². The molecule has 0 aliphatic carbocycles. The molecule has 1 rings (SSSR count). The Hall–Kier alpha value is -1.40. The largest absolute Gasteiger partial charge is 0.349 e. The maximum Gasteiger partial charge on any atom is 0.251 e. The van der Waals surface area contributed by atoms with Crippen molar-refractivity contribution in [1.29, 1.82) is 0 Å². The lowest BCUT2D eigenvalue weighted by atomic mass is 10.1. The molecule has 0 aliphatic heterocycles. The van der Waals surface area contributed by atoms with Crippen molar-refractivity contribution in [2.75, 3.05) is 7.05 Å². The van der Waals surface area contributed by atoms with Crippen LogP contribution >= 0.6 is 0 Å². The Morgan fingerprint density at radius 3 is 2.23 bits per heavy atom. The van der Waals surface area contributed by atoms with Crippen molar-refractivity contribution in [1.82, 2.24) is 9.62 Å². The molecular formula is C16H26N2O3S. The van der Waals surface area contributed by atoms with Crippen LogP contribution in [0.1, 0.15) is 45.0 Å². The van der Waals surface area contributed by atoms with Gasteiger partial charge in [-0.05, 0) is 44.9 Å². The number of nitrogens with one attached hydrogen (secondary N) is 1. The summed E-state index contributed by atoms with van der Waals surface area (Å²) in [6.07, 6.45) is 0. The molecule has 0 bridgehead atoms. The second-order valence-electron chi connectivity index (χ2n) is 6.15. The van der Waals surface area contributed by atoms with Crippen LogP contribution in [0.2, 0.25) is 0 Å². The van der Waals surface area contributed by atoms with Gasteiger partial charge in [0.2, 0.25) is 10.0 Å². The van der Waals surface area contributed by atoms with E-state index in [0.29, 0.717) is 11.5 Å². The van der Waals surface area contributed by atoms with Crippen LogP contribution < -0.4 is 5.32 Å². The summed E-state index contributed by atoms with van der Waals surface area (Å²) in [5.74, 6) is 0.0494. The van der Waals surface area contributed by atoms with Crippen LogP contribution in [-0.2, 0) is 10.0 Å². The first-order valence-corrected chi connectivity index (χ1v) is 8.90. The van der Waals surface area contributed by atoms with E-state index in [1.54, 1.807) is 26.0 Å². The second-order valence-corrected chi connectivity index (χ2v) is 8.15. The number of rotatable bonds is 6. The monoisotopic (exact) mass is 326 g/mol. The van der Waals surface area contributed by atoms with E-state index in [2.05, 4.69) is 5.32 Å². The van der Waals surface area contributed by atoms with Crippen LogP contribution in [0.4, 0.5) is 0 Å². The number of nitrogens with zero attached hydrogens (tertiary/aromatic N) is 1. The van der Waals surface area contributed by atoms with Gasteiger partial charge in [0.15, 0.2) is 0 Å². The lowest BCUT2D eigenvalue weighted by Crippen LogP contribution is -2.36. The fourth-order valence-corrected chi connectivity index (χ4v) is 3.11. The van der Waals surface area contributed by atoms with E-state index in [-0.39, 0.29) is 22.9 Å². The van der Waals surface area contributed by atoms with Gasteiger partial charge in [0.25, 0.3) is 5.91 Å². The molecule has 0 heterocycles. The minimum Gasteiger partial charge on any atom is -0.349 e. The topological polar surface area (TPSA) is 66.5 Å². The van der Waals surface area contributed by atoms with Gasteiger partial charge in [-0.3, -0.25) is 4.79 Å². The van der Waals surface area contributed by atoms with Crippen LogP contribution in [0.25, 0.3) is 0 Å². The Morgan fingerprint density at radius 2 is 1.73 bits per heavy atom. The summed E-state index contributed by atoms with van der Waals surface area (Å²) in [5.41, 5.74) is 0.353. The molecule has 124 valence electrons. The highest BCUT2D eigenvalue weighted by molar-refractivity contribution is 7.89. The molecule has 1 aromatic carbocycles. The highest BCUT2D eigenvalue weighted by Crippen LogP contribution is 2.18. The number of sulfonamides is 1. The molecule has 1 atom stereocenters. The van der Waals surface area contributed by atoms with Gasteiger partial charge in [-0.2, -0.15) is 4.31 Å². The van der Waals surface area contributed by atoms with Crippen molar-refractivity contribution in [2.45, 2.75) is 51.6 Å². The summed E-state index contributed by atoms with van der Waals surface area (Å²) in [6.45, 7) is 9.57. The molecule has 1 amide bonds. The Bertz CT molecular complexity index is 624. The lowest BCUT2D eigenvalue weighted by Gasteiger charge is -2.21. The standard InChI is InChI=1S/C16H26N2O3S/c1-11(2)13(5)17-16(19)14-8-7-9-15(10-14)22(20,21)18(6)12(3)4/h7-13H,1-6H3,(H,17,19). The summed E-state index contributed by atoms with van der Waals surface area (Å²) in [4.78, 5) is 12.4. The van der Waals surface area contributed by atoms with Crippen LogP contribution in [0.3, 0.4) is 0 Å². The zero-order valence-corrected chi connectivity index (χ0v) is 14.9. The van der Waals surface area contributed by atoms with Gasteiger partial charge in [0, 0.05) is 24.7 Å². The van der Waals surface area contributed by atoms with Gasteiger partial charge >= 0.3 is 0 Å². The fourth-order valence-electron chi connectivity index (χ4n) is 1.70. The number of amides is 1. The number of carbonyl (C=O) groups is 1. The van der Waals surface area contributed by atoms with Gasteiger partial charge in [0.1, 0.15) is 0 Å². The number of carbonyl (C=O) groups excluding carboxylic acids is 1. The summed E-state index contributed by atoms with van der Waals surface area (Å²) >= 11 is 0. The molecule has 0 aliphatic rings. The van der Waals surface area contributed by atoms with Gasteiger partial charge in [-0.1, -0.05) is 19.9 Å². The number of benzene rings is 1. The molecular weight excluding hydrogens is 300 g/mol. The van der Waals surface area contributed by atoms with Gasteiger partial charge in [0.05, 0.1) is 4.90 Å². The van der Waals surface area contributed by atoms with Crippen molar-refractivity contribution in [3.05, 3.63) is 29.8 Å². The molecule has 0 spiro atoms. The van der Waals surface area contributed by atoms with Crippen molar-refractivity contribution < 1.29 is 13.2 Å². The normalized spacial score (nSPS) is 13.7. The molecule has 1 unspecified atom stereocenters. The Kier molecular flexibility index (Phi) is 6.14. The molecule has 0 aromatic heterocycles. The third kappa shape index (κ3) is 4.30. The van der Waals surface area contributed by atoms with Crippen LogP contribution in [0.5, 0.6) is 0 Å². The number of hydrogen-bond acceptors (Lipinski definition) is 3. The van der Waals surface area contributed by atoms with Crippen LogP contribution in [0.15, 0.2) is 29.2 Å². The Morgan fingerprint density at radius 1 is 1.14 bits per heavy atom. The highest BCUT2D eigenvalue weighted by atomic mass is 32.2. The first-order valence-electron chi connectivity index (χ1n) is 7.46. The van der Waals surface area contributed by atoms with E-state index in [1.165, 1.54) is 23.5 Å². The first kappa shape index (κ1) is 18.6. The van der Waals surface area contributed by atoms with E-state index in [4.69, 9.17) is 0 Å². The van der Waals surface area contributed by atoms with E-state index < -0.39 is 10.0 Å². The van der Waals surface area contributed by atoms with E-state index in [0.717, 1.165) is 0 Å². The summed E-state index contributed by atoms with van der Waals surface area (Å²) < 4.78 is 26.2. The van der Waals surface area contributed by atoms with E-state index in [9.17, 15) is 13.2 Å². The zero-order valence-electron chi connectivity index (χ0n) is 14.1. The molecule has 22 heavy (non-hydrogen) atoms. The predicted molar refractivity (Wildman–Crippen MR) is 88.3 cm³/mol. The Labute approximate surface area is 133 Å². The second kappa shape index (κ2) is 7.24. The average molecular weight is 326 g/mol. The molecule has 0 saturated carbocycles. The van der Waals surface area contributed by atoms with Crippen molar-refractivity contribution >= 4 is 15.9 Å². The average Bonchev–Trinajstić information content (AvgIpc) is 2.46. The molecule has 1 N–H and O–H groups in total. The summed E-state index contributed by atoms with van der Waals surface area (Å²) in [7, 11) is -2.05. The minimum absolute atomic E-state index is 0.0195. The molecule has 0 saturated heterocycles. The predicted octanol–water partition coefficient (Wildman–Crippen LogP) is 2.49.